The first-order chi connectivity index (χ1) is 16.6. The molecule has 3 aromatic carbocycles. The van der Waals surface area contributed by atoms with E-state index in [0.717, 1.165) is 55.0 Å². The van der Waals surface area contributed by atoms with Gasteiger partial charge < -0.3 is 20.6 Å². The highest BCUT2D eigenvalue weighted by molar-refractivity contribution is 6.06. The van der Waals surface area contributed by atoms with E-state index in [9.17, 15) is 4.79 Å². The summed E-state index contributed by atoms with van der Waals surface area (Å²) in [6, 6.07) is 20.7. The quantitative estimate of drug-likeness (QED) is 0.431. The van der Waals surface area contributed by atoms with E-state index in [-0.39, 0.29) is 5.91 Å². The molecule has 1 aromatic heterocycles. The molecule has 5 rings (SSSR count). The van der Waals surface area contributed by atoms with Crippen molar-refractivity contribution in [3.63, 3.8) is 0 Å². The summed E-state index contributed by atoms with van der Waals surface area (Å²) in [6.45, 7) is 3.99. The topological polar surface area (TPSA) is 94.6 Å². The van der Waals surface area contributed by atoms with E-state index in [1.165, 1.54) is 0 Å². The third-order valence-corrected chi connectivity index (χ3v) is 6.06. The lowest BCUT2D eigenvalue weighted by atomic mass is 10.1. The SMILES string of the molecule is COc1cc(C(=O)Nc2ccccc2-c2nc3ccccc3n2N)ccc1CN1CCOCC1. The van der Waals surface area contributed by atoms with Crippen LogP contribution in [0.5, 0.6) is 5.75 Å². The van der Waals surface area contributed by atoms with Crippen LogP contribution in [0.3, 0.4) is 0 Å². The molecule has 3 N–H and O–H groups in total. The van der Waals surface area contributed by atoms with Crippen LogP contribution in [0.2, 0.25) is 0 Å². The maximum Gasteiger partial charge on any atom is 0.255 e. The van der Waals surface area contributed by atoms with E-state index < -0.39 is 0 Å². The van der Waals surface area contributed by atoms with Crippen LogP contribution in [-0.4, -0.2) is 53.9 Å². The second kappa shape index (κ2) is 9.54. The Morgan fingerprint density at radius 3 is 2.65 bits per heavy atom. The van der Waals surface area contributed by atoms with Crippen molar-refractivity contribution in [2.24, 2.45) is 0 Å². The summed E-state index contributed by atoms with van der Waals surface area (Å²) in [5.74, 6) is 7.36. The molecule has 34 heavy (non-hydrogen) atoms. The van der Waals surface area contributed by atoms with Gasteiger partial charge in [-0.25, -0.2) is 9.66 Å². The number of anilines is 1. The van der Waals surface area contributed by atoms with Crippen molar-refractivity contribution in [1.29, 1.82) is 0 Å². The monoisotopic (exact) mass is 457 g/mol. The summed E-state index contributed by atoms with van der Waals surface area (Å²) in [6.07, 6.45) is 0. The molecular weight excluding hydrogens is 430 g/mol. The van der Waals surface area contributed by atoms with E-state index >= 15 is 0 Å². The van der Waals surface area contributed by atoms with Gasteiger partial charge in [-0.15, -0.1) is 0 Å². The van der Waals surface area contributed by atoms with Crippen molar-refractivity contribution >= 4 is 22.6 Å². The highest BCUT2D eigenvalue weighted by Crippen LogP contribution is 2.30. The second-order valence-electron chi connectivity index (χ2n) is 8.21. The molecule has 1 aliphatic rings. The normalized spacial score (nSPS) is 14.3. The Labute approximate surface area is 197 Å². The molecule has 0 saturated carbocycles. The maximum absolute atomic E-state index is 13.2. The highest BCUT2D eigenvalue weighted by atomic mass is 16.5. The molecule has 0 aliphatic carbocycles. The van der Waals surface area contributed by atoms with E-state index in [4.69, 9.17) is 15.3 Å². The molecular formula is C26H27N5O3. The number of methoxy groups -OCH3 is 1. The summed E-state index contributed by atoms with van der Waals surface area (Å²) < 4.78 is 12.6. The number of carbonyl (C=O) groups excluding carboxylic acids is 1. The molecule has 0 spiro atoms. The summed E-state index contributed by atoms with van der Waals surface area (Å²) in [4.78, 5) is 20.2. The predicted molar refractivity (Wildman–Crippen MR) is 132 cm³/mol. The molecule has 8 heteroatoms. The number of ether oxygens (including phenoxy) is 2. The average Bonchev–Trinajstić information content (AvgIpc) is 3.21. The number of nitrogen functional groups attached to an aromatic ring is 1. The molecule has 1 fully saturated rings. The molecule has 174 valence electrons. The molecule has 1 aliphatic heterocycles. The Bertz CT molecular complexity index is 1330. The standard InChI is InChI=1S/C26H27N5O3/c1-33-24-16-18(10-11-19(24)17-30-12-14-34-15-13-30)26(32)29-21-7-3-2-6-20(21)25-28-22-8-4-5-9-23(22)31(25)27/h2-11,16H,12-15,17,27H2,1H3,(H,29,32). The number of para-hydroxylation sites is 3. The fourth-order valence-corrected chi connectivity index (χ4v) is 4.23. The number of nitrogens with zero attached hydrogens (tertiary/aromatic N) is 3. The first kappa shape index (κ1) is 21.9. The molecule has 1 amide bonds. The third kappa shape index (κ3) is 4.33. The van der Waals surface area contributed by atoms with Crippen molar-refractivity contribution in [3.05, 3.63) is 77.9 Å². The average molecular weight is 458 g/mol. The number of aromatic nitrogens is 2. The Balaban J connectivity index is 1.40. The minimum atomic E-state index is -0.233. The Hall–Kier alpha value is -3.88. The van der Waals surface area contributed by atoms with Gasteiger partial charge in [0.1, 0.15) is 5.75 Å². The van der Waals surface area contributed by atoms with Crippen LogP contribution in [0.1, 0.15) is 15.9 Å². The van der Waals surface area contributed by atoms with E-state index in [1.54, 1.807) is 17.9 Å². The minimum Gasteiger partial charge on any atom is -0.496 e. The van der Waals surface area contributed by atoms with Crippen LogP contribution >= 0.6 is 0 Å². The number of fused-ring (bicyclic) bond motifs is 1. The van der Waals surface area contributed by atoms with Crippen LogP contribution in [0.15, 0.2) is 66.7 Å². The highest BCUT2D eigenvalue weighted by Gasteiger charge is 2.18. The van der Waals surface area contributed by atoms with Gasteiger partial charge in [0.2, 0.25) is 0 Å². The van der Waals surface area contributed by atoms with Crippen molar-refractivity contribution in [2.75, 3.05) is 44.6 Å². The number of nitrogens with two attached hydrogens (primary N) is 1. The van der Waals surface area contributed by atoms with Gasteiger partial charge in [0.25, 0.3) is 5.91 Å². The maximum atomic E-state index is 13.2. The number of imidazole rings is 1. The zero-order valence-electron chi connectivity index (χ0n) is 19.0. The predicted octanol–water partition coefficient (Wildman–Crippen LogP) is 3.51. The van der Waals surface area contributed by atoms with Gasteiger partial charge in [0.15, 0.2) is 5.82 Å². The Kier molecular flexibility index (Phi) is 6.16. The Morgan fingerprint density at radius 1 is 1.09 bits per heavy atom. The molecule has 0 bridgehead atoms. The number of morpholine rings is 1. The summed E-state index contributed by atoms with van der Waals surface area (Å²) >= 11 is 0. The first-order valence-electron chi connectivity index (χ1n) is 11.2. The molecule has 0 unspecified atom stereocenters. The minimum absolute atomic E-state index is 0.233. The van der Waals surface area contributed by atoms with Gasteiger partial charge in [-0.2, -0.15) is 0 Å². The Morgan fingerprint density at radius 2 is 1.85 bits per heavy atom. The largest absolute Gasteiger partial charge is 0.496 e. The van der Waals surface area contributed by atoms with Crippen LogP contribution in [-0.2, 0) is 11.3 Å². The molecule has 1 saturated heterocycles. The molecule has 0 radical (unpaired) electrons. The number of hydrogen-bond acceptors (Lipinski definition) is 6. The van der Waals surface area contributed by atoms with Crippen LogP contribution in [0.25, 0.3) is 22.4 Å². The molecule has 2 heterocycles. The lowest BCUT2D eigenvalue weighted by molar-refractivity contribution is 0.0339. The van der Waals surface area contributed by atoms with Crippen LogP contribution in [0, 0.1) is 0 Å². The number of rotatable bonds is 6. The van der Waals surface area contributed by atoms with Crippen LogP contribution in [0.4, 0.5) is 5.69 Å². The molecule has 0 atom stereocenters. The number of carbonyl (C=O) groups is 1. The smallest absolute Gasteiger partial charge is 0.255 e. The van der Waals surface area contributed by atoms with Gasteiger partial charge in [-0.05, 0) is 36.4 Å². The number of amides is 1. The fourth-order valence-electron chi connectivity index (χ4n) is 4.23. The van der Waals surface area contributed by atoms with Gasteiger partial charge in [0.05, 0.1) is 37.0 Å². The first-order valence-corrected chi connectivity index (χ1v) is 11.2. The zero-order chi connectivity index (χ0) is 23.5. The van der Waals surface area contributed by atoms with Crippen molar-refractivity contribution in [3.8, 4) is 17.1 Å². The van der Waals surface area contributed by atoms with E-state index in [0.29, 0.717) is 22.8 Å². The van der Waals surface area contributed by atoms with Gasteiger partial charge in [0, 0.05) is 36.3 Å². The molecule has 4 aromatic rings. The summed E-state index contributed by atoms with van der Waals surface area (Å²) in [5.41, 5.74) is 4.54. The lowest BCUT2D eigenvalue weighted by Crippen LogP contribution is -2.35. The number of hydrogen-bond donors (Lipinski definition) is 2. The zero-order valence-corrected chi connectivity index (χ0v) is 19.0. The van der Waals surface area contributed by atoms with Crippen LogP contribution < -0.4 is 15.9 Å². The van der Waals surface area contributed by atoms with Crippen molar-refractivity contribution < 1.29 is 14.3 Å². The third-order valence-electron chi connectivity index (χ3n) is 6.06. The lowest BCUT2D eigenvalue weighted by Gasteiger charge is -2.27. The number of nitrogens with one attached hydrogen (secondary N) is 1. The van der Waals surface area contributed by atoms with Crippen molar-refractivity contribution in [2.45, 2.75) is 6.54 Å². The van der Waals surface area contributed by atoms with Gasteiger partial charge >= 0.3 is 0 Å². The van der Waals surface area contributed by atoms with E-state index in [2.05, 4.69) is 15.2 Å². The van der Waals surface area contributed by atoms with Gasteiger partial charge in [-0.3, -0.25) is 9.69 Å². The second-order valence-corrected chi connectivity index (χ2v) is 8.21. The number of benzene rings is 3. The molecule has 8 nitrogen and oxygen atoms in total. The van der Waals surface area contributed by atoms with E-state index in [1.807, 2.05) is 60.7 Å². The fraction of sp³-hybridized carbons (Fsp3) is 0.231. The van der Waals surface area contributed by atoms with Crippen molar-refractivity contribution in [1.82, 2.24) is 14.6 Å². The summed E-state index contributed by atoms with van der Waals surface area (Å²) in [5, 5.41) is 3.02. The van der Waals surface area contributed by atoms with Gasteiger partial charge in [-0.1, -0.05) is 30.3 Å². The summed E-state index contributed by atoms with van der Waals surface area (Å²) in [7, 11) is 1.63.